The quantitative estimate of drug-likeness (QED) is 0.824. The van der Waals surface area contributed by atoms with Crippen molar-refractivity contribution >= 4 is 28.3 Å². The van der Waals surface area contributed by atoms with Crippen LogP contribution in [0.25, 0.3) is 0 Å². The Hall–Kier alpha value is -1.43. The van der Waals surface area contributed by atoms with Crippen LogP contribution in [0.3, 0.4) is 0 Å². The van der Waals surface area contributed by atoms with E-state index in [1.807, 2.05) is 33.1 Å². The molecule has 0 aliphatic heterocycles. The third-order valence-corrected chi connectivity index (χ3v) is 4.09. The van der Waals surface area contributed by atoms with Crippen molar-refractivity contribution in [1.82, 2.24) is 9.88 Å². The van der Waals surface area contributed by atoms with Crippen molar-refractivity contribution in [1.29, 1.82) is 0 Å². The highest BCUT2D eigenvalue weighted by atomic mass is 32.1. The van der Waals surface area contributed by atoms with E-state index in [0.717, 1.165) is 12.1 Å². The molecule has 1 aromatic rings. The summed E-state index contributed by atoms with van der Waals surface area (Å²) in [5.41, 5.74) is 0.793. The molecular formula is C17H29N3O2S. The normalized spacial score (nSPS) is 11.6. The minimum absolute atomic E-state index is 0.0311. The number of nitrogens with zero attached hydrogens (tertiary/aromatic N) is 2. The summed E-state index contributed by atoms with van der Waals surface area (Å²) in [6.07, 6.45) is 1.33. The second-order valence-electron chi connectivity index (χ2n) is 7.58. The molecule has 0 saturated heterocycles. The molecule has 1 aromatic heterocycles. The van der Waals surface area contributed by atoms with Gasteiger partial charge in [-0.05, 0) is 24.7 Å². The van der Waals surface area contributed by atoms with Gasteiger partial charge >= 0.3 is 0 Å². The molecule has 0 atom stereocenters. The average Bonchev–Trinajstić information content (AvgIpc) is 2.77. The summed E-state index contributed by atoms with van der Waals surface area (Å²) < 4.78 is 0. The molecule has 1 rings (SSSR count). The summed E-state index contributed by atoms with van der Waals surface area (Å²) in [6, 6.07) is 0. The molecule has 0 aliphatic carbocycles. The van der Waals surface area contributed by atoms with Crippen LogP contribution < -0.4 is 5.32 Å². The summed E-state index contributed by atoms with van der Waals surface area (Å²) in [5, 5.41) is 5.24. The number of aryl methyl sites for hydroxylation is 1. The van der Waals surface area contributed by atoms with Gasteiger partial charge in [0.15, 0.2) is 5.13 Å². The van der Waals surface area contributed by atoms with Crippen molar-refractivity contribution in [3.05, 3.63) is 11.1 Å². The molecule has 0 unspecified atom stereocenters. The molecule has 2 amide bonds. The number of hydrogen-bond donors (Lipinski definition) is 1. The van der Waals surface area contributed by atoms with Crippen molar-refractivity contribution in [2.45, 2.75) is 54.4 Å². The van der Waals surface area contributed by atoms with Crippen molar-refractivity contribution in [2.75, 3.05) is 18.4 Å². The number of amides is 2. The second kappa shape index (κ2) is 8.43. The zero-order chi connectivity index (χ0) is 17.6. The lowest BCUT2D eigenvalue weighted by molar-refractivity contribution is -0.136. The van der Waals surface area contributed by atoms with E-state index >= 15 is 0 Å². The van der Waals surface area contributed by atoms with Crippen molar-refractivity contribution < 1.29 is 9.59 Å². The molecule has 0 radical (unpaired) electrons. The van der Waals surface area contributed by atoms with Gasteiger partial charge in [0.1, 0.15) is 0 Å². The molecule has 5 nitrogen and oxygen atoms in total. The van der Waals surface area contributed by atoms with Gasteiger partial charge in [0, 0.05) is 18.3 Å². The molecule has 23 heavy (non-hydrogen) atoms. The van der Waals surface area contributed by atoms with Gasteiger partial charge in [-0.25, -0.2) is 4.98 Å². The molecule has 1 N–H and O–H groups in total. The number of carbonyl (C=O) groups is 2. The summed E-state index contributed by atoms with van der Waals surface area (Å²) in [5.74, 6) is 0.332. The Bertz CT molecular complexity index is 532. The van der Waals surface area contributed by atoms with Gasteiger partial charge < -0.3 is 10.2 Å². The highest BCUT2D eigenvalue weighted by molar-refractivity contribution is 7.13. The molecule has 0 fully saturated rings. The fourth-order valence-electron chi connectivity index (χ4n) is 2.01. The molecule has 0 spiro atoms. The number of thiazole rings is 1. The predicted molar refractivity (Wildman–Crippen MR) is 95.6 cm³/mol. The van der Waals surface area contributed by atoms with Crippen LogP contribution in [-0.2, 0) is 9.59 Å². The Morgan fingerprint density at radius 3 is 2.48 bits per heavy atom. The maximum absolute atomic E-state index is 12.5. The molecule has 1 heterocycles. The monoisotopic (exact) mass is 339 g/mol. The molecule has 0 bridgehead atoms. The fraction of sp³-hybridized carbons (Fsp3) is 0.706. The minimum Gasteiger partial charge on any atom is -0.333 e. The Balaban J connectivity index is 2.67. The number of hydrogen-bond acceptors (Lipinski definition) is 4. The molecule has 0 aromatic carbocycles. The van der Waals surface area contributed by atoms with E-state index in [1.165, 1.54) is 11.3 Å². The Kier molecular flexibility index (Phi) is 7.19. The van der Waals surface area contributed by atoms with Gasteiger partial charge in [0.25, 0.3) is 0 Å². The van der Waals surface area contributed by atoms with Crippen molar-refractivity contribution in [3.8, 4) is 0 Å². The zero-order valence-electron chi connectivity index (χ0n) is 15.1. The summed E-state index contributed by atoms with van der Waals surface area (Å²) in [6.45, 7) is 12.9. The lowest BCUT2D eigenvalue weighted by Gasteiger charge is -2.26. The van der Waals surface area contributed by atoms with Crippen molar-refractivity contribution in [3.63, 3.8) is 0 Å². The van der Waals surface area contributed by atoms with Crippen LogP contribution in [0.2, 0.25) is 0 Å². The van der Waals surface area contributed by atoms with Crippen LogP contribution in [-0.4, -0.2) is 34.8 Å². The Morgan fingerprint density at radius 2 is 2.00 bits per heavy atom. The van der Waals surface area contributed by atoms with Crippen LogP contribution >= 0.6 is 11.3 Å². The van der Waals surface area contributed by atoms with E-state index in [2.05, 4.69) is 24.1 Å². The van der Waals surface area contributed by atoms with Gasteiger partial charge in [-0.2, -0.15) is 0 Å². The maximum atomic E-state index is 12.5. The largest absolute Gasteiger partial charge is 0.333 e. The first-order valence-corrected chi connectivity index (χ1v) is 8.94. The maximum Gasteiger partial charge on any atom is 0.245 e. The summed E-state index contributed by atoms with van der Waals surface area (Å²) in [7, 11) is 0. The van der Waals surface area contributed by atoms with Gasteiger partial charge in [-0.15, -0.1) is 11.3 Å². The number of rotatable bonds is 7. The third-order valence-electron chi connectivity index (χ3n) is 3.21. The molecule has 130 valence electrons. The standard InChI is InChI=1S/C17H29N3O2S/c1-12(2)7-8-20(15(22)9-17(4,5)6)10-14(21)19-16-18-13(3)11-23-16/h11-12H,7-10H2,1-6H3,(H,18,19,21). The predicted octanol–water partition coefficient (Wildman–Crippen LogP) is 3.70. The third kappa shape index (κ3) is 8.11. The van der Waals surface area contributed by atoms with Crippen molar-refractivity contribution in [2.24, 2.45) is 11.3 Å². The number of nitrogens with one attached hydrogen (secondary N) is 1. The van der Waals surface area contributed by atoms with Crippen LogP contribution in [0.5, 0.6) is 0 Å². The van der Waals surface area contributed by atoms with Gasteiger partial charge in [-0.3, -0.25) is 9.59 Å². The van der Waals surface area contributed by atoms with Crippen LogP contribution in [0.15, 0.2) is 5.38 Å². The van der Waals surface area contributed by atoms with E-state index < -0.39 is 0 Å². The van der Waals surface area contributed by atoms with E-state index in [0.29, 0.717) is 24.0 Å². The van der Waals surface area contributed by atoms with Gasteiger partial charge in [0.2, 0.25) is 11.8 Å². The smallest absolute Gasteiger partial charge is 0.245 e. The first-order valence-electron chi connectivity index (χ1n) is 8.06. The first kappa shape index (κ1) is 19.6. The lowest BCUT2D eigenvalue weighted by atomic mass is 9.91. The second-order valence-corrected chi connectivity index (χ2v) is 8.44. The van der Waals surface area contributed by atoms with E-state index in [9.17, 15) is 9.59 Å². The highest BCUT2D eigenvalue weighted by Crippen LogP contribution is 2.20. The van der Waals surface area contributed by atoms with Gasteiger partial charge in [-0.1, -0.05) is 34.6 Å². The van der Waals surface area contributed by atoms with E-state index in [1.54, 1.807) is 4.90 Å². The molecular weight excluding hydrogens is 310 g/mol. The zero-order valence-corrected chi connectivity index (χ0v) is 15.9. The Morgan fingerprint density at radius 1 is 1.35 bits per heavy atom. The highest BCUT2D eigenvalue weighted by Gasteiger charge is 2.23. The average molecular weight is 340 g/mol. The lowest BCUT2D eigenvalue weighted by Crippen LogP contribution is -2.40. The summed E-state index contributed by atoms with van der Waals surface area (Å²) in [4.78, 5) is 30.6. The topological polar surface area (TPSA) is 62.3 Å². The van der Waals surface area contributed by atoms with Crippen LogP contribution in [0.1, 0.15) is 53.2 Å². The minimum atomic E-state index is -0.189. The number of anilines is 1. The van der Waals surface area contributed by atoms with E-state index in [-0.39, 0.29) is 23.8 Å². The summed E-state index contributed by atoms with van der Waals surface area (Å²) >= 11 is 1.40. The number of aromatic nitrogens is 1. The molecule has 6 heteroatoms. The first-order chi connectivity index (χ1) is 10.6. The fourth-order valence-corrected chi connectivity index (χ4v) is 2.72. The Labute approximate surface area is 143 Å². The number of carbonyl (C=O) groups excluding carboxylic acids is 2. The van der Waals surface area contributed by atoms with Crippen LogP contribution in [0, 0.1) is 18.3 Å². The molecule has 0 saturated carbocycles. The SMILES string of the molecule is Cc1csc(NC(=O)CN(CCC(C)C)C(=O)CC(C)(C)C)n1. The molecule has 0 aliphatic rings. The van der Waals surface area contributed by atoms with Crippen LogP contribution in [0.4, 0.5) is 5.13 Å². The van der Waals surface area contributed by atoms with Gasteiger partial charge in [0.05, 0.1) is 12.2 Å². The van der Waals surface area contributed by atoms with E-state index in [4.69, 9.17) is 0 Å².